The number of rotatable bonds is 9. The van der Waals surface area contributed by atoms with E-state index in [1.807, 2.05) is 36.4 Å². The number of methoxy groups -OCH3 is 1. The van der Waals surface area contributed by atoms with Crippen LogP contribution < -0.4 is 20.5 Å². The Bertz CT molecular complexity index is 697. The highest BCUT2D eigenvalue weighted by molar-refractivity contribution is 5.77. The third-order valence-electron chi connectivity index (χ3n) is 3.84. The lowest BCUT2D eigenvalue weighted by Crippen LogP contribution is -2.33. The van der Waals surface area contributed by atoms with Crippen LogP contribution in [0.15, 0.2) is 53.5 Å². The molecule has 0 aliphatic heterocycles. The van der Waals surface area contributed by atoms with Gasteiger partial charge in [-0.05, 0) is 36.1 Å². The number of hydrogen-bond acceptors (Lipinski definition) is 3. The van der Waals surface area contributed by atoms with Crippen LogP contribution in [0.2, 0.25) is 0 Å². The second-order valence-corrected chi connectivity index (χ2v) is 6.54. The lowest BCUT2D eigenvalue weighted by atomic mass is 10.1. The van der Waals surface area contributed by atoms with Gasteiger partial charge in [-0.1, -0.05) is 44.2 Å². The number of benzene rings is 2. The van der Waals surface area contributed by atoms with Crippen LogP contribution in [0, 0.1) is 5.92 Å². The molecule has 0 bridgehead atoms. The summed E-state index contributed by atoms with van der Waals surface area (Å²) in [5.41, 5.74) is 8.24. The molecule has 0 heterocycles. The van der Waals surface area contributed by atoms with Crippen molar-refractivity contribution in [1.82, 2.24) is 5.32 Å². The summed E-state index contributed by atoms with van der Waals surface area (Å²) in [4.78, 5) is 4.42. The van der Waals surface area contributed by atoms with Crippen molar-refractivity contribution in [3.8, 4) is 11.5 Å². The van der Waals surface area contributed by atoms with Crippen LogP contribution in [0.4, 0.5) is 0 Å². The van der Waals surface area contributed by atoms with E-state index < -0.39 is 0 Å². The van der Waals surface area contributed by atoms with E-state index in [2.05, 4.69) is 36.3 Å². The normalized spacial score (nSPS) is 11.5. The van der Waals surface area contributed by atoms with E-state index in [1.165, 1.54) is 5.56 Å². The summed E-state index contributed by atoms with van der Waals surface area (Å²) < 4.78 is 11.0. The third kappa shape index (κ3) is 6.67. The SMILES string of the molecule is COc1ccc(CCNC(N)=NCc2ccccc2OCC(C)C)cc1. The molecular weight excluding hydrogens is 326 g/mol. The van der Waals surface area contributed by atoms with Crippen molar-refractivity contribution in [3.05, 3.63) is 59.7 Å². The van der Waals surface area contributed by atoms with Crippen LogP contribution in [-0.4, -0.2) is 26.2 Å². The second kappa shape index (κ2) is 10.3. The van der Waals surface area contributed by atoms with Crippen molar-refractivity contribution in [2.75, 3.05) is 20.3 Å². The molecule has 5 heteroatoms. The maximum absolute atomic E-state index is 5.98. The minimum Gasteiger partial charge on any atom is -0.497 e. The van der Waals surface area contributed by atoms with Crippen LogP contribution in [-0.2, 0) is 13.0 Å². The Morgan fingerprint density at radius 2 is 1.85 bits per heavy atom. The molecule has 0 spiro atoms. The quantitative estimate of drug-likeness (QED) is 0.534. The number of guanidine groups is 1. The standard InChI is InChI=1S/C21H29N3O2/c1-16(2)15-26-20-7-5-4-6-18(20)14-24-21(22)23-13-12-17-8-10-19(25-3)11-9-17/h4-11,16H,12-15H2,1-3H3,(H3,22,23,24). The van der Waals surface area contributed by atoms with Gasteiger partial charge in [0, 0.05) is 12.1 Å². The largest absolute Gasteiger partial charge is 0.497 e. The van der Waals surface area contributed by atoms with Crippen molar-refractivity contribution < 1.29 is 9.47 Å². The number of nitrogens with two attached hydrogens (primary N) is 1. The fourth-order valence-electron chi connectivity index (χ4n) is 2.39. The summed E-state index contributed by atoms with van der Waals surface area (Å²) in [6.07, 6.45) is 0.869. The summed E-state index contributed by atoms with van der Waals surface area (Å²) in [6, 6.07) is 16.0. The fraction of sp³-hybridized carbons (Fsp3) is 0.381. The molecule has 0 aliphatic rings. The van der Waals surface area contributed by atoms with Crippen LogP contribution >= 0.6 is 0 Å². The average molecular weight is 355 g/mol. The van der Waals surface area contributed by atoms with Crippen molar-refractivity contribution in [2.45, 2.75) is 26.8 Å². The number of hydrogen-bond donors (Lipinski definition) is 2. The number of nitrogens with one attached hydrogen (secondary N) is 1. The first-order valence-electron chi connectivity index (χ1n) is 8.96. The predicted octanol–water partition coefficient (Wildman–Crippen LogP) is 3.38. The van der Waals surface area contributed by atoms with Gasteiger partial charge >= 0.3 is 0 Å². The van der Waals surface area contributed by atoms with Gasteiger partial charge in [0.05, 0.1) is 20.3 Å². The Balaban J connectivity index is 1.82. The first kappa shape index (κ1) is 19.6. The average Bonchev–Trinajstić information content (AvgIpc) is 2.66. The topological polar surface area (TPSA) is 68.9 Å². The molecule has 2 rings (SSSR count). The lowest BCUT2D eigenvalue weighted by Gasteiger charge is -2.12. The first-order chi connectivity index (χ1) is 12.6. The molecule has 140 valence electrons. The smallest absolute Gasteiger partial charge is 0.188 e. The highest BCUT2D eigenvalue weighted by Gasteiger charge is 2.04. The zero-order chi connectivity index (χ0) is 18.8. The molecular formula is C21H29N3O2. The van der Waals surface area contributed by atoms with Crippen molar-refractivity contribution in [2.24, 2.45) is 16.6 Å². The van der Waals surface area contributed by atoms with Crippen LogP contribution in [0.5, 0.6) is 11.5 Å². The lowest BCUT2D eigenvalue weighted by molar-refractivity contribution is 0.268. The van der Waals surface area contributed by atoms with Gasteiger partial charge in [0.15, 0.2) is 5.96 Å². The van der Waals surface area contributed by atoms with Gasteiger partial charge in [-0.25, -0.2) is 4.99 Å². The predicted molar refractivity (Wildman–Crippen MR) is 107 cm³/mol. The molecule has 0 radical (unpaired) electrons. The summed E-state index contributed by atoms with van der Waals surface area (Å²) in [5, 5.41) is 3.16. The second-order valence-electron chi connectivity index (χ2n) is 6.54. The minimum atomic E-state index is 0.442. The van der Waals surface area contributed by atoms with Gasteiger partial charge in [0.2, 0.25) is 0 Å². The molecule has 2 aromatic carbocycles. The van der Waals surface area contributed by atoms with Gasteiger partial charge in [0.25, 0.3) is 0 Å². The van der Waals surface area contributed by atoms with E-state index >= 15 is 0 Å². The monoisotopic (exact) mass is 355 g/mol. The van der Waals surface area contributed by atoms with E-state index in [0.29, 0.717) is 25.0 Å². The molecule has 5 nitrogen and oxygen atoms in total. The fourth-order valence-corrected chi connectivity index (χ4v) is 2.39. The molecule has 26 heavy (non-hydrogen) atoms. The first-order valence-corrected chi connectivity index (χ1v) is 8.96. The van der Waals surface area contributed by atoms with Crippen LogP contribution in [0.1, 0.15) is 25.0 Å². The third-order valence-corrected chi connectivity index (χ3v) is 3.84. The summed E-state index contributed by atoms with van der Waals surface area (Å²) in [5.74, 6) is 2.66. The molecule has 0 aliphatic carbocycles. The maximum atomic E-state index is 5.98. The number of nitrogens with zero attached hydrogens (tertiary/aromatic N) is 1. The Morgan fingerprint density at radius 1 is 1.12 bits per heavy atom. The molecule has 0 fully saturated rings. The van der Waals surface area contributed by atoms with Gasteiger partial charge in [-0.3, -0.25) is 0 Å². The molecule has 2 aromatic rings. The summed E-state index contributed by atoms with van der Waals surface area (Å²) in [7, 11) is 1.67. The van der Waals surface area contributed by atoms with E-state index in [-0.39, 0.29) is 0 Å². The zero-order valence-corrected chi connectivity index (χ0v) is 15.9. The number of para-hydroxylation sites is 1. The Hall–Kier alpha value is -2.69. The van der Waals surface area contributed by atoms with Gasteiger partial charge < -0.3 is 20.5 Å². The van der Waals surface area contributed by atoms with Crippen molar-refractivity contribution in [3.63, 3.8) is 0 Å². The Labute approximate surface area is 156 Å². The molecule has 0 atom stereocenters. The zero-order valence-electron chi connectivity index (χ0n) is 15.9. The maximum Gasteiger partial charge on any atom is 0.188 e. The van der Waals surface area contributed by atoms with Crippen molar-refractivity contribution >= 4 is 5.96 Å². The van der Waals surface area contributed by atoms with Gasteiger partial charge in [-0.2, -0.15) is 0 Å². The molecule has 0 unspecified atom stereocenters. The molecule has 3 N–H and O–H groups in total. The molecule has 0 amide bonds. The van der Waals surface area contributed by atoms with E-state index in [1.54, 1.807) is 7.11 Å². The Kier molecular flexibility index (Phi) is 7.80. The summed E-state index contributed by atoms with van der Waals surface area (Å²) in [6.45, 7) is 6.18. The van der Waals surface area contributed by atoms with E-state index in [0.717, 1.165) is 30.0 Å². The Morgan fingerprint density at radius 3 is 2.54 bits per heavy atom. The molecule has 0 saturated carbocycles. The highest BCUT2D eigenvalue weighted by atomic mass is 16.5. The van der Waals surface area contributed by atoms with Crippen LogP contribution in [0.25, 0.3) is 0 Å². The molecule has 0 aromatic heterocycles. The number of ether oxygens (including phenoxy) is 2. The van der Waals surface area contributed by atoms with E-state index in [9.17, 15) is 0 Å². The van der Waals surface area contributed by atoms with Crippen LogP contribution in [0.3, 0.4) is 0 Å². The molecule has 0 saturated heterocycles. The van der Waals surface area contributed by atoms with Crippen molar-refractivity contribution in [1.29, 1.82) is 0 Å². The van der Waals surface area contributed by atoms with Gasteiger partial charge in [-0.15, -0.1) is 0 Å². The summed E-state index contributed by atoms with van der Waals surface area (Å²) >= 11 is 0. The number of aliphatic imine (C=N–C) groups is 1. The van der Waals surface area contributed by atoms with Gasteiger partial charge in [0.1, 0.15) is 11.5 Å². The van der Waals surface area contributed by atoms with E-state index in [4.69, 9.17) is 15.2 Å². The minimum absolute atomic E-state index is 0.442. The highest BCUT2D eigenvalue weighted by Crippen LogP contribution is 2.19.